The Morgan fingerprint density at radius 2 is 1.86 bits per heavy atom. The Labute approximate surface area is 209 Å². The Hall–Kier alpha value is -3.58. The zero-order valence-electron chi connectivity index (χ0n) is 20.3. The molecule has 1 atom stereocenters. The van der Waals surface area contributed by atoms with Crippen molar-refractivity contribution in [1.82, 2.24) is 4.90 Å². The van der Waals surface area contributed by atoms with Gasteiger partial charge in [0.15, 0.2) is 0 Å². The second-order valence-electron chi connectivity index (χ2n) is 8.98. The highest BCUT2D eigenvalue weighted by atomic mass is 32.1. The molecule has 0 radical (unpaired) electrons. The van der Waals surface area contributed by atoms with E-state index in [-0.39, 0.29) is 17.9 Å². The van der Waals surface area contributed by atoms with Crippen LogP contribution in [0, 0.1) is 12.8 Å². The molecule has 0 aliphatic carbocycles. The van der Waals surface area contributed by atoms with Gasteiger partial charge in [0.05, 0.1) is 25.3 Å². The second-order valence-corrected chi connectivity index (χ2v) is 9.95. The van der Waals surface area contributed by atoms with Crippen LogP contribution in [0.2, 0.25) is 0 Å². The molecular formula is C28H29NO5S. The zero-order chi connectivity index (χ0) is 25.1. The highest BCUT2D eigenvalue weighted by Gasteiger charge is 2.46. The van der Waals surface area contributed by atoms with Gasteiger partial charge in [0.2, 0.25) is 0 Å². The third-order valence-corrected chi connectivity index (χ3v) is 6.81. The molecule has 1 amide bonds. The van der Waals surface area contributed by atoms with Gasteiger partial charge in [-0.15, -0.1) is 11.3 Å². The molecule has 1 aliphatic rings. The van der Waals surface area contributed by atoms with Gasteiger partial charge in [-0.2, -0.15) is 0 Å². The quantitative estimate of drug-likeness (QED) is 0.248. The average molecular weight is 492 g/mol. The monoisotopic (exact) mass is 491 g/mol. The Kier molecular flexibility index (Phi) is 7.26. The van der Waals surface area contributed by atoms with E-state index in [0.29, 0.717) is 23.8 Å². The van der Waals surface area contributed by atoms with E-state index >= 15 is 0 Å². The highest BCUT2D eigenvalue weighted by Crippen LogP contribution is 2.42. The lowest BCUT2D eigenvalue weighted by Crippen LogP contribution is -2.28. The summed E-state index contributed by atoms with van der Waals surface area (Å²) in [5.41, 5.74) is 2.27. The van der Waals surface area contributed by atoms with E-state index < -0.39 is 17.7 Å². The van der Waals surface area contributed by atoms with Crippen molar-refractivity contribution in [3.8, 4) is 11.5 Å². The van der Waals surface area contributed by atoms with Crippen molar-refractivity contribution >= 4 is 28.8 Å². The van der Waals surface area contributed by atoms with E-state index in [1.807, 2.05) is 48.7 Å². The number of thiophene rings is 1. The fourth-order valence-corrected chi connectivity index (χ4v) is 4.93. The van der Waals surface area contributed by atoms with Crippen LogP contribution in [0.4, 0.5) is 0 Å². The molecule has 1 aromatic heterocycles. The molecule has 6 nitrogen and oxygen atoms in total. The number of methoxy groups -OCH3 is 1. The number of aryl methyl sites for hydroxylation is 1. The minimum Gasteiger partial charge on any atom is -0.507 e. The highest BCUT2D eigenvalue weighted by molar-refractivity contribution is 7.10. The largest absolute Gasteiger partial charge is 0.507 e. The summed E-state index contributed by atoms with van der Waals surface area (Å²) in [5.74, 6) is 0.320. The van der Waals surface area contributed by atoms with Gasteiger partial charge in [-0.05, 0) is 65.7 Å². The molecule has 1 N–H and O–H groups in total. The fourth-order valence-electron chi connectivity index (χ4n) is 4.08. The maximum atomic E-state index is 13.2. The van der Waals surface area contributed by atoms with Gasteiger partial charge < -0.3 is 19.5 Å². The zero-order valence-corrected chi connectivity index (χ0v) is 21.1. The first-order valence-electron chi connectivity index (χ1n) is 11.5. The number of aliphatic hydroxyl groups is 1. The van der Waals surface area contributed by atoms with Crippen molar-refractivity contribution in [1.29, 1.82) is 0 Å². The molecule has 0 saturated carbocycles. The van der Waals surface area contributed by atoms with E-state index in [1.54, 1.807) is 25.3 Å². The number of nitrogens with zero attached hydrogens (tertiary/aromatic N) is 1. The number of benzene rings is 2. The lowest BCUT2D eigenvalue weighted by Gasteiger charge is -2.24. The molecule has 1 saturated heterocycles. The number of carbonyl (C=O) groups excluding carboxylic acids is 2. The molecule has 1 fully saturated rings. The predicted octanol–water partition coefficient (Wildman–Crippen LogP) is 5.72. The van der Waals surface area contributed by atoms with Gasteiger partial charge in [-0.25, -0.2) is 0 Å². The van der Waals surface area contributed by atoms with Crippen LogP contribution in [0.3, 0.4) is 0 Å². The molecule has 1 aliphatic heterocycles. The summed E-state index contributed by atoms with van der Waals surface area (Å²) in [6.45, 7) is 6.86. The van der Waals surface area contributed by atoms with E-state index in [2.05, 4.69) is 13.8 Å². The van der Waals surface area contributed by atoms with Crippen molar-refractivity contribution in [3.05, 3.63) is 87.1 Å². The minimum atomic E-state index is -0.688. The summed E-state index contributed by atoms with van der Waals surface area (Å²) >= 11 is 1.44. The lowest BCUT2D eigenvalue weighted by molar-refractivity contribution is -0.140. The second kappa shape index (κ2) is 10.4. The molecule has 4 rings (SSSR count). The van der Waals surface area contributed by atoms with Crippen LogP contribution in [0.15, 0.2) is 65.6 Å². The Morgan fingerprint density at radius 3 is 2.46 bits per heavy atom. The number of Topliss-reactive ketones (excluding diaryl/α,β-unsaturated/α-hetero) is 1. The minimum absolute atomic E-state index is 0.0983. The third-order valence-electron chi connectivity index (χ3n) is 5.89. The summed E-state index contributed by atoms with van der Waals surface area (Å²) in [7, 11) is 1.59. The maximum absolute atomic E-state index is 13.2. The lowest BCUT2D eigenvalue weighted by atomic mass is 9.98. The number of hydrogen-bond acceptors (Lipinski definition) is 6. The van der Waals surface area contributed by atoms with Crippen LogP contribution in [0.25, 0.3) is 5.76 Å². The van der Waals surface area contributed by atoms with Crippen molar-refractivity contribution < 1.29 is 24.2 Å². The number of carbonyl (C=O) groups is 2. The summed E-state index contributed by atoms with van der Waals surface area (Å²) in [6, 6.07) is 15.7. The average Bonchev–Trinajstić information content (AvgIpc) is 3.46. The van der Waals surface area contributed by atoms with Crippen LogP contribution in [0.1, 0.15) is 41.5 Å². The van der Waals surface area contributed by atoms with Crippen molar-refractivity contribution in [2.24, 2.45) is 5.92 Å². The predicted molar refractivity (Wildman–Crippen MR) is 137 cm³/mol. The number of ketones is 1. The van der Waals surface area contributed by atoms with Crippen molar-refractivity contribution in [2.75, 3.05) is 13.7 Å². The number of amides is 1. The summed E-state index contributed by atoms with van der Waals surface area (Å²) in [4.78, 5) is 28.7. The molecule has 0 spiro atoms. The molecule has 7 heteroatoms. The molecule has 35 heavy (non-hydrogen) atoms. The maximum Gasteiger partial charge on any atom is 0.295 e. The molecule has 2 heterocycles. The molecule has 182 valence electrons. The van der Waals surface area contributed by atoms with Gasteiger partial charge in [0, 0.05) is 17.0 Å². The Morgan fingerprint density at radius 1 is 1.11 bits per heavy atom. The third kappa shape index (κ3) is 5.10. The van der Waals surface area contributed by atoms with Crippen LogP contribution in [-0.2, 0) is 16.1 Å². The smallest absolute Gasteiger partial charge is 0.295 e. The number of hydrogen-bond donors (Lipinski definition) is 1. The standard InChI is InChI=1S/C28H29NO5S/c1-17(2)16-34-22-12-9-20(14-18(22)3)26(30)24-25(23-6-5-13-35-23)29(28(32)27(24)31)15-19-7-10-21(33-4)11-8-19/h5-14,17,25,30H,15-16H2,1-4H3/b26-24-. The Balaban J connectivity index is 1.73. The normalized spacial score (nSPS) is 17.3. The SMILES string of the molecule is COc1ccc(CN2C(=O)C(=O)/C(=C(\O)c3ccc(OCC(C)C)c(C)c3)C2c2cccs2)cc1. The van der Waals surface area contributed by atoms with Gasteiger partial charge in [0.25, 0.3) is 11.7 Å². The molecule has 1 unspecified atom stereocenters. The van der Waals surface area contributed by atoms with Crippen molar-refractivity contribution in [2.45, 2.75) is 33.4 Å². The van der Waals surface area contributed by atoms with E-state index in [4.69, 9.17) is 9.47 Å². The number of rotatable bonds is 8. The van der Waals surface area contributed by atoms with Crippen LogP contribution in [-0.4, -0.2) is 35.4 Å². The van der Waals surface area contributed by atoms with Crippen molar-refractivity contribution in [3.63, 3.8) is 0 Å². The molecular weight excluding hydrogens is 462 g/mol. The molecule has 2 aromatic carbocycles. The van der Waals surface area contributed by atoms with Gasteiger partial charge >= 0.3 is 0 Å². The first-order valence-corrected chi connectivity index (χ1v) is 12.4. The van der Waals surface area contributed by atoms with Gasteiger partial charge in [-0.1, -0.05) is 32.0 Å². The first kappa shape index (κ1) is 24.5. The number of ether oxygens (including phenoxy) is 2. The van der Waals surface area contributed by atoms with Gasteiger partial charge in [-0.3, -0.25) is 9.59 Å². The van der Waals surface area contributed by atoms with Crippen LogP contribution in [0.5, 0.6) is 11.5 Å². The van der Waals surface area contributed by atoms with E-state index in [9.17, 15) is 14.7 Å². The van der Waals surface area contributed by atoms with E-state index in [0.717, 1.165) is 21.8 Å². The summed E-state index contributed by atoms with van der Waals surface area (Å²) in [6.07, 6.45) is 0. The Bertz CT molecular complexity index is 1240. The van der Waals surface area contributed by atoms with Gasteiger partial charge in [0.1, 0.15) is 17.3 Å². The fraction of sp³-hybridized carbons (Fsp3) is 0.286. The summed E-state index contributed by atoms with van der Waals surface area (Å²) in [5, 5.41) is 13.2. The molecule has 3 aromatic rings. The topological polar surface area (TPSA) is 76.1 Å². The van der Waals surface area contributed by atoms with Crippen LogP contribution >= 0.6 is 11.3 Å². The van der Waals surface area contributed by atoms with E-state index in [1.165, 1.54) is 16.2 Å². The number of likely N-dealkylation sites (tertiary alicyclic amines) is 1. The van der Waals surface area contributed by atoms with Crippen LogP contribution < -0.4 is 9.47 Å². The summed E-state index contributed by atoms with van der Waals surface area (Å²) < 4.78 is 11.1. The number of aliphatic hydroxyl groups excluding tert-OH is 1. The molecule has 0 bridgehead atoms. The first-order chi connectivity index (χ1) is 16.8.